The number of nitrogens with zero attached hydrogens (tertiary/aromatic N) is 3. The Morgan fingerprint density at radius 3 is 1.18 bits per heavy atom. The minimum Gasteiger partial charge on any atom is -0.394 e. The maximum absolute atomic E-state index is 13.2. The third kappa shape index (κ3) is 102. The zero-order chi connectivity index (χ0) is 65.8. The molecule has 22 N–H and O–H groups in total. The van der Waals surface area contributed by atoms with Crippen LogP contribution in [0.5, 0.6) is 0 Å². The Balaban J connectivity index is -0.0000000472. The zero-order valence-corrected chi connectivity index (χ0v) is 56.8. The topological polar surface area (TPSA) is 486 Å². The summed E-state index contributed by atoms with van der Waals surface area (Å²) in [6.45, 7) is 50.8. The van der Waals surface area contributed by atoms with Crippen LogP contribution in [-0.4, -0.2) is 169 Å². The number of carbonyl (C=O) groups excluding carboxylic acids is 12. The molecule has 1 saturated heterocycles. The second-order valence-corrected chi connectivity index (χ2v) is 18.4. The van der Waals surface area contributed by atoms with Crippen molar-refractivity contribution in [3.05, 3.63) is 35.9 Å². The van der Waals surface area contributed by atoms with E-state index in [1.54, 1.807) is 32.7 Å². The van der Waals surface area contributed by atoms with Gasteiger partial charge in [-0.1, -0.05) is 134 Å². The monoisotopic (exact) mass is 1210 g/mol. The van der Waals surface area contributed by atoms with Crippen molar-refractivity contribution in [1.29, 1.82) is 0 Å². The van der Waals surface area contributed by atoms with Crippen LogP contribution in [0.25, 0.3) is 0 Å². The molecule has 0 aromatic heterocycles. The molecule has 2 rings (SSSR count). The second-order valence-electron chi connectivity index (χ2n) is 18.4. The van der Waals surface area contributed by atoms with E-state index in [2.05, 4.69) is 94.8 Å². The molecule has 1 aromatic carbocycles. The van der Waals surface area contributed by atoms with Gasteiger partial charge in [0, 0.05) is 40.2 Å². The van der Waals surface area contributed by atoms with Crippen LogP contribution in [0, 0.1) is 23.2 Å². The zero-order valence-electron chi connectivity index (χ0n) is 56.8. The lowest BCUT2D eigenvalue weighted by Gasteiger charge is -2.33. The number of amides is 5. The summed E-state index contributed by atoms with van der Waals surface area (Å²) in [4.78, 5) is 124. The summed E-state index contributed by atoms with van der Waals surface area (Å²) in [7, 11) is 6.11. The van der Waals surface area contributed by atoms with Crippen molar-refractivity contribution in [1.82, 2.24) is 56.1 Å². The first kappa shape index (κ1) is 128. The van der Waals surface area contributed by atoms with Gasteiger partial charge in [-0.2, -0.15) is 0 Å². The SMILES string of the molecule is C=O.C=O.C=O.C=O.C=O.C=O.C=O.CC.CC(=O)N(C)[C@@H](CC(C)(C)C)C(=O)NCC(=O)N(C)[C@@H](CC(C)C)C(=O)N[C@@H](C)C(=O)N1CCCCC1.CC(C)C.CC(C)O.CCC(C)C.CCc1ccccc1.CN.CN.N.N.N.N.N. The van der Waals surface area contributed by atoms with E-state index in [-0.39, 0.29) is 66.5 Å². The maximum Gasteiger partial charge on any atom is 0.244 e. The third-order valence-corrected chi connectivity index (χ3v) is 8.81. The molecule has 1 aliphatic rings. The Morgan fingerprint density at radius 1 is 0.602 bits per heavy atom. The quantitative estimate of drug-likeness (QED) is 0.0899. The Labute approximate surface area is 506 Å². The summed E-state index contributed by atoms with van der Waals surface area (Å²) in [6.07, 6.45) is 6.15. The van der Waals surface area contributed by atoms with Crippen LogP contribution in [-0.2, 0) is 64.0 Å². The summed E-state index contributed by atoms with van der Waals surface area (Å²) in [6, 6.07) is 8.26. The average Bonchev–Trinajstić information content (AvgIpc) is 3.45. The Hall–Kier alpha value is -6.06. The fourth-order valence-corrected chi connectivity index (χ4v) is 5.14. The lowest BCUT2D eigenvalue weighted by Crippen LogP contribution is -2.56. The molecule has 0 spiro atoms. The minimum atomic E-state index is -0.786. The number of benzene rings is 1. The maximum atomic E-state index is 13.2. The molecule has 1 aliphatic heterocycles. The van der Waals surface area contributed by atoms with Gasteiger partial charge >= 0.3 is 0 Å². The van der Waals surface area contributed by atoms with Gasteiger partial charge in [-0.3, -0.25) is 24.0 Å². The van der Waals surface area contributed by atoms with E-state index in [9.17, 15) is 24.0 Å². The van der Waals surface area contributed by atoms with Crippen molar-refractivity contribution in [3.8, 4) is 0 Å². The van der Waals surface area contributed by atoms with Crippen LogP contribution in [0.15, 0.2) is 30.3 Å². The first-order chi connectivity index (χ1) is 36.7. The number of piperidine rings is 1. The van der Waals surface area contributed by atoms with E-state index < -0.39 is 35.8 Å². The molecule has 83 heavy (non-hydrogen) atoms. The molecule has 0 bridgehead atoms. The summed E-state index contributed by atoms with van der Waals surface area (Å²) < 4.78 is 0. The van der Waals surface area contributed by atoms with Crippen molar-refractivity contribution in [3.63, 3.8) is 0 Å². The van der Waals surface area contributed by atoms with Crippen molar-refractivity contribution in [2.24, 2.45) is 34.6 Å². The van der Waals surface area contributed by atoms with Gasteiger partial charge in [-0.25, -0.2) is 0 Å². The van der Waals surface area contributed by atoms with Gasteiger partial charge in [-0.05, 0) is 102 Å². The third-order valence-electron chi connectivity index (χ3n) is 8.81. The highest BCUT2D eigenvalue weighted by Gasteiger charge is 2.33. The number of aliphatic hydroxyl groups excluding tert-OH is 1. The number of likely N-dealkylation sites (N-methyl/N-ethyl adjacent to an activating group) is 2. The number of rotatable bonds is 13. The van der Waals surface area contributed by atoms with E-state index in [0.717, 1.165) is 37.5 Å². The highest BCUT2D eigenvalue weighted by atomic mass is 16.3. The number of aryl methyl sites for hydroxylation is 1. The molecule has 0 unspecified atom stereocenters. The Morgan fingerprint density at radius 2 is 0.928 bits per heavy atom. The first-order valence-corrected chi connectivity index (χ1v) is 26.0. The molecular formula is C58H134N12O13. The van der Waals surface area contributed by atoms with Crippen LogP contribution in [0.3, 0.4) is 0 Å². The molecule has 0 radical (unpaired) electrons. The number of aliphatic hydroxyl groups is 1. The van der Waals surface area contributed by atoms with E-state index in [1.807, 2.05) is 102 Å². The van der Waals surface area contributed by atoms with Gasteiger partial charge in [0.2, 0.25) is 29.5 Å². The lowest BCUT2D eigenvalue weighted by atomic mass is 9.87. The number of likely N-dealkylation sites (tertiary alicyclic amines) is 1. The largest absolute Gasteiger partial charge is 0.394 e. The van der Waals surface area contributed by atoms with Crippen molar-refractivity contribution in [2.75, 3.05) is 47.8 Å². The number of hydrogen-bond acceptors (Lipinski definition) is 20. The molecular weight excluding hydrogens is 1070 g/mol. The van der Waals surface area contributed by atoms with Gasteiger partial charge < -0.3 is 106 Å². The fraction of sp³-hybridized carbons (Fsp3) is 0.690. The molecule has 25 heteroatoms. The van der Waals surface area contributed by atoms with Crippen LogP contribution in [0.4, 0.5) is 0 Å². The van der Waals surface area contributed by atoms with Gasteiger partial charge in [0.25, 0.3) is 0 Å². The highest BCUT2D eigenvalue weighted by molar-refractivity contribution is 5.94. The second kappa shape index (κ2) is 101. The van der Waals surface area contributed by atoms with Crippen molar-refractivity contribution < 1.29 is 62.6 Å². The molecule has 1 heterocycles. The highest BCUT2D eigenvalue weighted by Crippen LogP contribution is 2.23. The lowest BCUT2D eigenvalue weighted by molar-refractivity contribution is -0.143. The van der Waals surface area contributed by atoms with Crippen molar-refractivity contribution >= 4 is 77.1 Å². The fourth-order valence-electron chi connectivity index (χ4n) is 5.14. The smallest absolute Gasteiger partial charge is 0.244 e. The summed E-state index contributed by atoms with van der Waals surface area (Å²) in [5.74, 6) is 0.246. The molecule has 0 saturated carbocycles. The Bertz CT molecular complexity index is 1380. The van der Waals surface area contributed by atoms with Gasteiger partial charge in [0.05, 0.1) is 6.54 Å². The molecule has 5 amide bonds. The molecule has 504 valence electrons. The molecule has 3 atom stereocenters. The van der Waals surface area contributed by atoms with Gasteiger partial charge in [-0.15, -0.1) is 0 Å². The van der Waals surface area contributed by atoms with Crippen LogP contribution in [0.1, 0.15) is 169 Å². The summed E-state index contributed by atoms with van der Waals surface area (Å²) >= 11 is 0. The van der Waals surface area contributed by atoms with Gasteiger partial charge in [0.1, 0.15) is 65.6 Å². The van der Waals surface area contributed by atoms with Crippen LogP contribution >= 0.6 is 0 Å². The molecule has 1 aromatic rings. The summed E-state index contributed by atoms with van der Waals surface area (Å²) in [5.41, 5.74) is 10.2. The molecule has 25 nitrogen and oxygen atoms in total. The van der Waals surface area contributed by atoms with Crippen molar-refractivity contribution in [2.45, 2.75) is 194 Å². The van der Waals surface area contributed by atoms with E-state index in [1.165, 1.54) is 49.9 Å². The normalized spacial score (nSPS) is 10.2. The number of nitrogens with two attached hydrogens (primary N) is 2. The Kier molecular flexibility index (Phi) is 156. The predicted molar refractivity (Wildman–Crippen MR) is 349 cm³/mol. The van der Waals surface area contributed by atoms with Gasteiger partial charge in [0.15, 0.2) is 0 Å². The first-order valence-electron chi connectivity index (χ1n) is 26.0. The number of nitrogens with one attached hydrogen (secondary N) is 2. The molecule has 1 fully saturated rings. The predicted octanol–water partition coefficient (Wildman–Crippen LogP) is 7.82. The van der Waals surface area contributed by atoms with Crippen LogP contribution < -0.4 is 52.9 Å². The van der Waals surface area contributed by atoms with E-state index >= 15 is 0 Å². The van der Waals surface area contributed by atoms with Crippen LogP contribution in [0.2, 0.25) is 0 Å². The van der Waals surface area contributed by atoms with E-state index in [4.69, 9.17) is 38.7 Å². The van der Waals surface area contributed by atoms with E-state index in [0.29, 0.717) is 25.9 Å². The number of carbonyl (C=O) groups is 12. The summed E-state index contributed by atoms with van der Waals surface area (Å²) in [5, 5.41) is 13.5. The number of hydrogen-bond donors (Lipinski definition) is 10. The standard InChI is InChI=1S/C27H49N5O5.C8H10.C5H12.C4H10.C3H8O.C2H6.2CH5N.7CH2O.5H3N/c1-18(2)15-21(25(36)29-19(3)26(37)32-13-11-10-12-14-32)31(9)23(34)17-28-24(35)22(16-27(5,6)7)30(8)20(4)33;1-2-8-6-4-3-5-7-8;1-4-5(2)3;1-4(2)3;1-3(2)4;10*1-2;;;;;/h18-19,21-22H,10-17H2,1-9H3,(H,28,35)(H,29,36);3-7H,2H2,1H3;5H,4H2,1-3H3;4H,1-3H3;3-4H,1-2H3;1-2H3;2*2H2,1H3;7*1H2;5*1H3/t19-,21-,22-;;;;;;;;;;;;;;;;;;;/m0.................../s1. The molecule has 0 aliphatic carbocycles. The average molecular weight is 1210 g/mol. The minimum absolute atomic E-state index is 0.